The average molecular weight is 280 g/mol. The van der Waals surface area contributed by atoms with Gasteiger partial charge in [0.05, 0.1) is 0 Å². The first-order valence-corrected chi connectivity index (χ1v) is 7.75. The summed E-state index contributed by atoms with van der Waals surface area (Å²) in [7, 11) is 0. The third-order valence-corrected chi connectivity index (χ3v) is 5.15. The maximum absolute atomic E-state index is 11.7. The van der Waals surface area contributed by atoms with E-state index in [1.165, 1.54) is 17.7 Å². The highest BCUT2D eigenvalue weighted by atomic mass is 32.1. The summed E-state index contributed by atoms with van der Waals surface area (Å²) in [5.74, 6) is -0.709. The van der Waals surface area contributed by atoms with Crippen molar-refractivity contribution in [1.82, 2.24) is 10.2 Å². The molecule has 4 nitrogen and oxygen atoms in total. The molecule has 2 unspecified atom stereocenters. The van der Waals surface area contributed by atoms with Crippen molar-refractivity contribution in [1.29, 1.82) is 0 Å². The molecule has 0 spiro atoms. The van der Waals surface area contributed by atoms with Gasteiger partial charge in [0.2, 0.25) is 0 Å². The van der Waals surface area contributed by atoms with Crippen LogP contribution in [0.2, 0.25) is 0 Å². The third kappa shape index (κ3) is 2.55. The first kappa shape index (κ1) is 13.1. The molecule has 1 aliphatic heterocycles. The molecule has 2 N–H and O–H groups in total. The minimum Gasteiger partial charge on any atom is -0.480 e. The molecule has 3 rings (SSSR count). The van der Waals surface area contributed by atoms with Crippen LogP contribution in [0, 0.1) is 0 Å². The molecular formula is C14H20N2O2S. The predicted molar refractivity (Wildman–Crippen MR) is 75.3 cm³/mol. The summed E-state index contributed by atoms with van der Waals surface area (Å²) in [6, 6.07) is 5.03. The van der Waals surface area contributed by atoms with Gasteiger partial charge in [-0.1, -0.05) is 6.07 Å². The van der Waals surface area contributed by atoms with Crippen LogP contribution in [-0.2, 0) is 11.3 Å². The van der Waals surface area contributed by atoms with Gasteiger partial charge in [-0.2, -0.15) is 0 Å². The minimum atomic E-state index is -0.772. The number of carboxylic acids is 1. The quantitative estimate of drug-likeness (QED) is 0.865. The van der Waals surface area contributed by atoms with Crippen LogP contribution in [0.25, 0.3) is 0 Å². The van der Waals surface area contributed by atoms with E-state index in [2.05, 4.69) is 17.1 Å². The Kier molecular flexibility index (Phi) is 3.37. The number of aliphatic carboxylic acids is 1. The molecular weight excluding hydrogens is 260 g/mol. The van der Waals surface area contributed by atoms with Crippen molar-refractivity contribution in [2.45, 2.75) is 50.4 Å². The zero-order valence-corrected chi connectivity index (χ0v) is 11.9. The molecule has 2 fully saturated rings. The molecule has 1 aliphatic carbocycles. The Hall–Kier alpha value is -0.910. The highest BCUT2D eigenvalue weighted by Gasteiger charge is 2.51. The molecule has 104 valence electrons. The number of nitrogens with one attached hydrogen (secondary N) is 1. The molecule has 5 heteroatoms. The van der Waals surface area contributed by atoms with Gasteiger partial charge in [-0.05, 0) is 37.6 Å². The Balaban J connectivity index is 1.71. The monoisotopic (exact) mass is 280 g/mol. The standard InChI is InChI=1S/C14H20N2O2S/c1-10-7-14(13(17)18,9-16(10)11-4-5-11)15-8-12-3-2-6-19-12/h2-3,6,10-11,15H,4-5,7-9H2,1H3,(H,17,18). The zero-order valence-electron chi connectivity index (χ0n) is 11.1. The number of hydrogen-bond donors (Lipinski definition) is 2. The van der Waals surface area contributed by atoms with E-state index in [1.807, 2.05) is 17.5 Å². The van der Waals surface area contributed by atoms with Crippen molar-refractivity contribution in [3.05, 3.63) is 22.4 Å². The van der Waals surface area contributed by atoms with Crippen LogP contribution >= 0.6 is 11.3 Å². The zero-order chi connectivity index (χ0) is 13.5. The number of rotatable bonds is 5. The Morgan fingerprint density at radius 2 is 2.42 bits per heavy atom. The summed E-state index contributed by atoms with van der Waals surface area (Å²) in [5.41, 5.74) is -0.772. The second-order valence-electron chi connectivity index (χ2n) is 5.78. The molecule has 0 amide bonds. The van der Waals surface area contributed by atoms with Gasteiger partial charge < -0.3 is 5.11 Å². The van der Waals surface area contributed by atoms with Gasteiger partial charge in [-0.15, -0.1) is 11.3 Å². The maximum Gasteiger partial charge on any atom is 0.325 e. The number of thiophene rings is 1. The summed E-state index contributed by atoms with van der Waals surface area (Å²) in [6.45, 7) is 3.44. The molecule has 0 aromatic carbocycles. The summed E-state index contributed by atoms with van der Waals surface area (Å²) < 4.78 is 0. The third-order valence-electron chi connectivity index (χ3n) is 4.27. The van der Waals surface area contributed by atoms with Crippen molar-refractivity contribution >= 4 is 17.3 Å². The SMILES string of the molecule is CC1CC(NCc2cccs2)(C(=O)O)CN1C1CC1. The average Bonchev–Trinajstić information content (AvgIpc) is 2.96. The maximum atomic E-state index is 11.7. The van der Waals surface area contributed by atoms with Crippen LogP contribution in [0.4, 0.5) is 0 Å². The molecule has 1 saturated heterocycles. The lowest BCUT2D eigenvalue weighted by molar-refractivity contribution is -0.144. The van der Waals surface area contributed by atoms with Gasteiger partial charge in [-0.3, -0.25) is 15.0 Å². The lowest BCUT2D eigenvalue weighted by Crippen LogP contribution is -2.53. The van der Waals surface area contributed by atoms with Gasteiger partial charge in [0.1, 0.15) is 5.54 Å². The van der Waals surface area contributed by atoms with Crippen LogP contribution < -0.4 is 5.32 Å². The lowest BCUT2D eigenvalue weighted by Gasteiger charge is -2.26. The molecule has 0 bridgehead atoms. The largest absolute Gasteiger partial charge is 0.480 e. The van der Waals surface area contributed by atoms with Crippen molar-refractivity contribution < 1.29 is 9.90 Å². The molecule has 19 heavy (non-hydrogen) atoms. The number of nitrogens with zero attached hydrogens (tertiary/aromatic N) is 1. The van der Waals surface area contributed by atoms with Crippen molar-refractivity contribution in [2.24, 2.45) is 0 Å². The fraction of sp³-hybridized carbons (Fsp3) is 0.643. The number of carbonyl (C=O) groups is 1. The fourth-order valence-corrected chi connectivity index (χ4v) is 3.72. The van der Waals surface area contributed by atoms with Crippen LogP contribution in [0.15, 0.2) is 17.5 Å². The van der Waals surface area contributed by atoms with Gasteiger partial charge in [-0.25, -0.2) is 0 Å². The van der Waals surface area contributed by atoms with Crippen molar-refractivity contribution in [2.75, 3.05) is 6.54 Å². The first-order chi connectivity index (χ1) is 9.11. The molecule has 1 aromatic rings. The molecule has 0 radical (unpaired) electrons. The molecule has 2 atom stereocenters. The van der Waals surface area contributed by atoms with Crippen molar-refractivity contribution in [3.63, 3.8) is 0 Å². The first-order valence-electron chi connectivity index (χ1n) is 6.87. The van der Waals surface area contributed by atoms with Gasteiger partial charge in [0.25, 0.3) is 0 Å². The van der Waals surface area contributed by atoms with E-state index in [0.29, 0.717) is 31.6 Å². The van der Waals surface area contributed by atoms with E-state index in [9.17, 15) is 9.90 Å². The van der Waals surface area contributed by atoms with E-state index < -0.39 is 11.5 Å². The Labute approximate surface area is 117 Å². The van der Waals surface area contributed by atoms with Gasteiger partial charge >= 0.3 is 5.97 Å². The summed E-state index contributed by atoms with van der Waals surface area (Å²) in [5, 5.41) is 15.0. The number of hydrogen-bond acceptors (Lipinski definition) is 4. The number of carboxylic acid groups (broad SMARTS) is 1. The second-order valence-corrected chi connectivity index (χ2v) is 6.81. The van der Waals surface area contributed by atoms with Crippen LogP contribution in [-0.4, -0.2) is 40.1 Å². The summed E-state index contributed by atoms with van der Waals surface area (Å²) >= 11 is 1.67. The molecule has 2 heterocycles. The smallest absolute Gasteiger partial charge is 0.325 e. The van der Waals surface area contributed by atoms with Crippen LogP contribution in [0.1, 0.15) is 31.1 Å². The highest BCUT2D eigenvalue weighted by molar-refractivity contribution is 7.09. The molecule has 1 aromatic heterocycles. The van der Waals surface area contributed by atoms with Crippen LogP contribution in [0.5, 0.6) is 0 Å². The van der Waals surface area contributed by atoms with Crippen LogP contribution in [0.3, 0.4) is 0 Å². The van der Waals surface area contributed by atoms with Gasteiger partial charge in [0, 0.05) is 30.1 Å². The number of likely N-dealkylation sites (tertiary alicyclic amines) is 1. The normalized spacial score (nSPS) is 31.7. The van der Waals surface area contributed by atoms with Crippen molar-refractivity contribution in [3.8, 4) is 0 Å². The van der Waals surface area contributed by atoms with E-state index in [4.69, 9.17) is 0 Å². The Morgan fingerprint density at radius 3 is 3.00 bits per heavy atom. The summed E-state index contributed by atoms with van der Waals surface area (Å²) in [6.07, 6.45) is 3.15. The highest BCUT2D eigenvalue weighted by Crippen LogP contribution is 2.37. The fourth-order valence-electron chi connectivity index (χ4n) is 3.08. The van der Waals surface area contributed by atoms with E-state index >= 15 is 0 Å². The lowest BCUT2D eigenvalue weighted by atomic mass is 9.96. The Morgan fingerprint density at radius 1 is 1.63 bits per heavy atom. The van der Waals surface area contributed by atoms with Gasteiger partial charge in [0.15, 0.2) is 0 Å². The topological polar surface area (TPSA) is 52.6 Å². The predicted octanol–water partition coefficient (Wildman–Crippen LogP) is 1.92. The summed E-state index contributed by atoms with van der Waals surface area (Å²) in [4.78, 5) is 15.3. The van der Waals surface area contributed by atoms with E-state index in [0.717, 1.165) is 0 Å². The second kappa shape index (κ2) is 4.89. The Bertz CT molecular complexity index is 458. The molecule has 2 aliphatic rings. The van der Waals surface area contributed by atoms with E-state index in [1.54, 1.807) is 11.3 Å². The van der Waals surface area contributed by atoms with E-state index in [-0.39, 0.29) is 0 Å². The minimum absolute atomic E-state index is 0.361. The molecule has 1 saturated carbocycles.